The first kappa shape index (κ1) is 13.0. The fourth-order valence-corrected chi connectivity index (χ4v) is 1.24. The van der Waals surface area contributed by atoms with Crippen molar-refractivity contribution in [1.82, 2.24) is 20.1 Å². The summed E-state index contributed by atoms with van der Waals surface area (Å²) in [5, 5.41) is 10.5. The highest BCUT2D eigenvalue weighted by molar-refractivity contribution is 6.19. The number of aromatic nitrogens is 3. The fourth-order valence-electron chi connectivity index (χ4n) is 1.12. The molecular formula is C10H17ClN4O. The molecule has 0 aliphatic rings. The van der Waals surface area contributed by atoms with E-state index in [4.69, 9.17) is 11.6 Å². The van der Waals surface area contributed by atoms with Gasteiger partial charge in [0.25, 0.3) is 0 Å². The van der Waals surface area contributed by atoms with Gasteiger partial charge in [0.15, 0.2) is 0 Å². The molecule has 1 aromatic heterocycles. The SMILES string of the molecule is Cn1cnnc1CCNC(=O)C(C)(C)CCl. The van der Waals surface area contributed by atoms with E-state index in [9.17, 15) is 4.79 Å². The molecule has 0 aromatic carbocycles. The molecule has 0 bridgehead atoms. The molecule has 0 spiro atoms. The lowest BCUT2D eigenvalue weighted by atomic mass is 9.95. The van der Waals surface area contributed by atoms with Gasteiger partial charge in [0, 0.05) is 25.9 Å². The molecule has 90 valence electrons. The molecule has 0 saturated heterocycles. The maximum absolute atomic E-state index is 11.7. The van der Waals surface area contributed by atoms with Gasteiger partial charge in [-0.2, -0.15) is 0 Å². The molecule has 0 atom stereocenters. The van der Waals surface area contributed by atoms with Crippen molar-refractivity contribution < 1.29 is 4.79 Å². The van der Waals surface area contributed by atoms with E-state index in [2.05, 4.69) is 15.5 Å². The lowest BCUT2D eigenvalue weighted by Crippen LogP contribution is -2.39. The molecule has 0 aliphatic heterocycles. The van der Waals surface area contributed by atoms with Crippen molar-refractivity contribution in [2.75, 3.05) is 12.4 Å². The van der Waals surface area contributed by atoms with E-state index < -0.39 is 5.41 Å². The predicted molar refractivity (Wildman–Crippen MR) is 62.2 cm³/mol. The summed E-state index contributed by atoms with van der Waals surface area (Å²) in [6.07, 6.45) is 2.31. The minimum Gasteiger partial charge on any atom is -0.355 e. The van der Waals surface area contributed by atoms with Gasteiger partial charge in [0.1, 0.15) is 12.2 Å². The van der Waals surface area contributed by atoms with Crippen LogP contribution >= 0.6 is 11.6 Å². The summed E-state index contributed by atoms with van der Waals surface area (Å²) in [5.74, 6) is 1.12. The Balaban J connectivity index is 2.37. The van der Waals surface area contributed by atoms with Crippen LogP contribution in [0.1, 0.15) is 19.7 Å². The number of aryl methyl sites for hydroxylation is 1. The van der Waals surface area contributed by atoms with E-state index in [-0.39, 0.29) is 5.91 Å². The van der Waals surface area contributed by atoms with E-state index in [0.29, 0.717) is 18.8 Å². The minimum absolute atomic E-state index is 0.0373. The first-order valence-electron chi connectivity index (χ1n) is 5.14. The van der Waals surface area contributed by atoms with E-state index in [0.717, 1.165) is 5.82 Å². The lowest BCUT2D eigenvalue weighted by Gasteiger charge is -2.20. The largest absolute Gasteiger partial charge is 0.355 e. The average Bonchev–Trinajstić information content (AvgIpc) is 2.64. The Morgan fingerprint density at radius 2 is 2.31 bits per heavy atom. The van der Waals surface area contributed by atoms with E-state index in [1.54, 1.807) is 6.33 Å². The standard InChI is InChI=1S/C10H17ClN4O/c1-10(2,6-11)9(16)12-5-4-8-14-13-7-15(8)3/h7H,4-6H2,1-3H3,(H,12,16). The number of halogens is 1. The van der Waals surface area contributed by atoms with Crippen molar-refractivity contribution in [3.8, 4) is 0 Å². The zero-order chi connectivity index (χ0) is 12.2. The van der Waals surface area contributed by atoms with Crippen LogP contribution in [0.5, 0.6) is 0 Å². The number of hydrogen-bond acceptors (Lipinski definition) is 3. The summed E-state index contributed by atoms with van der Waals surface area (Å²) in [7, 11) is 1.87. The number of carbonyl (C=O) groups is 1. The summed E-state index contributed by atoms with van der Waals surface area (Å²) < 4.78 is 1.83. The van der Waals surface area contributed by atoms with Gasteiger partial charge in [0.05, 0.1) is 5.41 Å². The van der Waals surface area contributed by atoms with Crippen molar-refractivity contribution in [3.63, 3.8) is 0 Å². The third-order valence-corrected chi connectivity index (χ3v) is 3.06. The fraction of sp³-hybridized carbons (Fsp3) is 0.700. The Labute approximate surface area is 100 Å². The van der Waals surface area contributed by atoms with Crippen LogP contribution < -0.4 is 5.32 Å². The van der Waals surface area contributed by atoms with Crippen LogP contribution in [-0.2, 0) is 18.3 Å². The third kappa shape index (κ3) is 3.20. The second-order valence-electron chi connectivity index (χ2n) is 4.38. The number of hydrogen-bond donors (Lipinski definition) is 1. The molecule has 0 saturated carbocycles. The Hall–Kier alpha value is -1.10. The van der Waals surface area contributed by atoms with E-state index in [1.165, 1.54) is 0 Å². The van der Waals surface area contributed by atoms with Crippen LogP contribution in [0.25, 0.3) is 0 Å². The Kier molecular flexibility index (Phi) is 4.29. The highest BCUT2D eigenvalue weighted by Gasteiger charge is 2.25. The third-order valence-electron chi connectivity index (χ3n) is 2.39. The van der Waals surface area contributed by atoms with Gasteiger partial charge in [-0.3, -0.25) is 4.79 Å². The van der Waals surface area contributed by atoms with Crippen molar-refractivity contribution in [1.29, 1.82) is 0 Å². The topological polar surface area (TPSA) is 59.8 Å². The van der Waals surface area contributed by atoms with Gasteiger partial charge in [-0.25, -0.2) is 0 Å². The second-order valence-corrected chi connectivity index (χ2v) is 4.65. The number of nitrogens with zero attached hydrogens (tertiary/aromatic N) is 3. The van der Waals surface area contributed by atoms with Crippen LogP contribution in [0.2, 0.25) is 0 Å². The van der Waals surface area contributed by atoms with Gasteiger partial charge in [-0.05, 0) is 13.8 Å². The first-order valence-corrected chi connectivity index (χ1v) is 5.68. The van der Waals surface area contributed by atoms with Crippen molar-refractivity contribution in [3.05, 3.63) is 12.2 Å². The van der Waals surface area contributed by atoms with E-state index in [1.807, 2.05) is 25.5 Å². The van der Waals surface area contributed by atoms with Crippen LogP contribution in [0.15, 0.2) is 6.33 Å². The van der Waals surface area contributed by atoms with Crippen LogP contribution in [0.3, 0.4) is 0 Å². The normalized spacial score (nSPS) is 11.5. The minimum atomic E-state index is -0.526. The molecule has 0 unspecified atom stereocenters. The molecule has 1 heterocycles. The zero-order valence-corrected chi connectivity index (χ0v) is 10.6. The van der Waals surface area contributed by atoms with Gasteiger partial charge in [-0.1, -0.05) is 0 Å². The number of amides is 1. The molecule has 1 aromatic rings. The highest BCUT2D eigenvalue weighted by atomic mass is 35.5. The highest BCUT2D eigenvalue weighted by Crippen LogP contribution is 2.16. The molecule has 5 nitrogen and oxygen atoms in total. The summed E-state index contributed by atoms with van der Waals surface area (Å²) in [6, 6.07) is 0. The molecule has 0 aliphatic carbocycles. The average molecular weight is 245 g/mol. The summed E-state index contributed by atoms with van der Waals surface area (Å²) >= 11 is 5.70. The number of alkyl halides is 1. The van der Waals surface area contributed by atoms with Crippen LogP contribution in [0.4, 0.5) is 0 Å². The summed E-state index contributed by atoms with van der Waals surface area (Å²) in [6.45, 7) is 4.18. The van der Waals surface area contributed by atoms with Crippen molar-refractivity contribution >= 4 is 17.5 Å². The maximum atomic E-state index is 11.7. The van der Waals surface area contributed by atoms with Crippen molar-refractivity contribution in [2.24, 2.45) is 12.5 Å². The number of rotatable bonds is 5. The lowest BCUT2D eigenvalue weighted by molar-refractivity contribution is -0.128. The van der Waals surface area contributed by atoms with Gasteiger partial charge >= 0.3 is 0 Å². The molecule has 1 rings (SSSR count). The Bertz CT molecular complexity index is 361. The maximum Gasteiger partial charge on any atom is 0.226 e. The predicted octanol–water partition coefficient (Wildman–Crippen LogP) is 0.739. The molecule has 0 fully saturated rings. The molecule has 1 amide bonds. The molecule has 1 N–H and O–H groups in total. The molecule has 6 heteroatoms. The molecular weight excluding hydrogens is 228 g/mol. The quantitative estimate of drug-likeness (QED) is 0.778. The van der Waals surface area contributed by atoms with Crippen molar-refractivity contribution in [2.45, 2.75) is 20.3 Å². The van der Waals surface area contributed by atoms with E-state index >= 15 is 0 Å². The molecule has 16 heavy (non-hydrogen) atoms. The molecule has 0 radical (unpaired) electrons. The number of nitrogens with one attached hydrogen (secondary N) is 1. The number of carbonyl (C=O) groups excluding carboxylic acids is 1. The van der Waals surface area contributed by atoms with Gasteiger partial charge in [0.2, 0.25) is 5.91 Å². The van der Waals surface area contributed by atoms with Gasteiger partial charge < -0.3 is 9.88 Å². The monoisotopic (exact) mass is 244 g/mol. The smallest absolute Gasteiger partial charge is 0.226 e. The van der Waals surface area contributed by atoms with Gasteiger partial charge in [-0.15, -0.1) is 21.8 Å². The summed E-state index contributed by atoms with van der Waals surface area (Å²) in [4.78, 5) is 11.7. The second kappa shape index (κ2) is 5.30. The van der Waals surface area contributed by atoms with Crippen LogP contribution in [-0.4, -0.2) is 33.1 Å². The Morgan fingerprint density at radius 3 is 2.81 bits per heavy atom. The zero-order valence-electron chi connectivity index (χ0n) is 9.83. The summed E-state index contributed by atoms with van der Waals surface area (Å²) in [5.41, 5.74) is -0.526. The first-order chi connectivity index (χ1) is 7.47. The van der Waals surface area contributed by atoms with Crippen LogP contribution in [0, 0.1) is 5.41 Å². The Morgan fingerprint density at radius 1 is 1.62 bits per heavy atom.